The average Bonchev–Trinajstić information content (AvgIpc) is 2.29. The first-order valence-corrected chi connectivity index (χ1v) is 4.27. The molecule has 3 nitrogen and oxygen atoms in total. The molecule has 64 valence electrons. The molecule has 1 N–H and O–H groups in total. The minimum Gasteiger partial charge on any atom is -0.389 e. The van der Waals surface area contributed by atoms with Gasteiger partial charge in [0.2, 0.25) is 0 Å². The summed E-state index contributed by atoms with van der Waals surface area (Å²) in [5.74, 6) is 0.808. The molecule has 11 heavy (non-hydrogen) atoms. The van der Waals surface area contributed by atoms with Crippen LogP contribution in [0.1, 0.15) is 6.92 Å². The van der Waals surface area contributed by atoms with Gasteiger partial charge in [-0.05, 0) is 5.92 Å². The molecule has 0 saturated carbocycles. The van der Waals surface area contributed by atoms with Gasteiger partial charge in [0.05, 0.1) is 25.4 Å². The molecule has 2 atom stereocenters. The molecule has 0 aromatic rings. The van der Waals surface area contributed by atoms with Gasteiger partial charge in [-0.25, -0.2) is 0 Å². The molecule has 0 aromatic carbocycles. The molecule has 0 unspecified atom stereocenters. The quantitative estimate of drug-likeness (QED) is 0.567. The Morgan fingerprint density at radius 1 is 1.36 bits per heavy atom. The molecule has 2 heterocycles. The van der Waals surface area contributed by atoms with Crippen LogP contribution in [0.3, 0.4) is 0 Å². The number of hydrogen-bond donors (Lipinski definition) is 1. The number of hydrogen-bond acceptors (Lipinski definition) is 3. The van der Waals surface area contributed by atoms with E-state index in [4.69, 9.17) is 4.74 Å². The van der Waals surface area contributed by atoms with E-state index in [9.17, 15) is 5.11 Å². The zero-order chi connectivity index (χ0) is 7.84. The monoisotopic (exact) mass is 157 g/mol. The minimum absolute atomic E-state index is 0.248. The zero-order valence-electron chi connectivity index (χ0n) is 6.86. The van der Waals surface area contributed by atoms with Crippen LogP contribution in [0.25, 0.3) is 0 Å². The topological polar surface area (TPSA) is 32.7 Å². The summed E-state index contributed by atoms with van der Waals surface area (Å²) in [6, 6.07) is 0.284. The van der Waals surface area contributed by atoms with E-state index in [1.165, 1.54) is 0 Å². The zero-order valence-corrected chi connectivity index (χ0v) is 6.86. The predicted molar refractivity (Wildman–Crippen MR) is 41.4 cm³/mol. The normalized spacial score (nSPS) is 40.9. The molecular weight excluding hydrogens is 142 g/mol. The molecule has 0 aromatic heterocycles. The van der Waals surface area contributed by atoms with Gasteiger partial charge in [-0.2, -0.15) is 0 Å². The maximum atomic E-state index is 9.44. The van der Waals surface area contributed by atoms with Gasteiger partial charge < -0.3 is 9.84 Å². The SMILES string of the molecule is CC1CN([C@@H]2COC[C@H]2O)C1. The molecule has 2 aliphatic heterocycles. The third kappa shape index (κ3) is 1.28. The number of nitrogens with zero attached hydrogens (tertiary/aromatic N) is 1. The van der Waals surface area contributed by atoms with E-state index in [1.54, 1.807) is 0 Å². The van der Waals surface area contributed by atoms with Crippen molar-refractivity contribution < 1.29 is 9.84 Å². The molecule has 0 aliphatic carbocycles. The molecule has 3 heteroatoms. The largest absolute Gasteiger partial charge is 0.389 e. The van der Waals surface area contributed by atoms with Gasteiger partial charge in [0.25, 0.3) is 0 Å². The van der Waals surface area contributed by atoms with Crippen LogP contribution in [0.4, 0.5) is 0 Å². The third-order valence-electron chi connectivity index (χ3n) is 2.58. The van der Waals surface area contributed by atoms with Crippen molar-refractivity contribution in [3.8, 4) is 0 Å². The highest BCUT2D eigenvalue weighted by Crippen LogP contribution is 2.22. The lowest BCUT2D eigenvalue weighted by atomic mass is 9.99. The second-order valence-corrected chi connectivity index (χ2v) is 3.73. The Kier molecular flexibility index (Phi) is 1.87. The van der Waals surface area contributed by atoms with Gasteiger partial charge in [-0.1, -0.05) is 6.92 Å². The van der Waals surface area contributed by atoms with Crippen molar-refractivity contribution in [2.75, 3.05) is 26.3 Å². The van der Waals surface area contributed by atoms with Crippen molar-refractivity contribution in [1.29, 1.82) is 0 Å². The van der Waals surface area contributed by atoms with E-state index in [1.807, 2.05) is 0 Å². The van der Waals surface area contributed by atoms with Gasteiger partial charge in [-0.3, -0.25) is 4.90 Å². The standard InChI is InChI=1S/C8H15NO2/c1-6-2-9(3-6)7-4-11-5-8(7)10/h6-8,10H,2-5H2,1H3/t7-,8-/m1/s1. The first-order valence-electron chi connectivity index (χ1n) is 4.27. The van der Waals surface area contributed by atoms with Crippen LogP contribution in [0.2, 0.25) is 0 Å². The molecule has 0 spiro atoms. The Labute approximate surface area is 66.9 Å². The van der Waals surface area contributed by atoms with Crippen LogP contribution in [0, 0.1) is 5.92 Å². The average molecular weight is 157 g/mol. The Morgan fingerprint density at radius 3 is 2.55 bits per heavy atom. The number of aliphatic hydroxyl groups is 1. The highest BCUT2D eigenvalue weighted by molar-refractivity contribution is 4.89. The van der Waals surface area contributed by atoms with Crippen molar-refractivity contribution in [2.45, 2.75) is 19.1 Å². The Morgan fingerprint density at radius 2 is 2.09 bits per heavy atom. The summed E-state index contributed by atoms with van der Waals surface area (Å²) in [5, 5.41) is 9.44. The fraction of sp³-hybridized carbons (Fsp3) is 1.00. The fourth-order valence-electron chi connectivity index (χ4n) is 1.90. The second-order valence-electron chi connectivity index (χ2n) is 3.73. The number of rotatable bonds is 1. The van der Waals surface area contributed by atoms with E-state index in [2.05, 4.69) is 11.8 Å². The van der Waals surface area contributed by atoms with Crippen LogP contribution >= 0.6 is 0 Å². The fourth-order valence-corrected chi connectivity index (χ4v) is 1.90. The Bertz CT molecular complexity index is 145. The smallest absolute Gasteiger partial charge is 0.0950 e. The maximum absolute atomic E-state index is 9.44. The summed E-state index contributed by atoms with van der Waals surface area (Å²) in [5.41, 5.74) is 0. The van der Waals surface area contributed by atoms with Crippen molar-refractivity contribution in [1.82, 2.24) is 4.90 Å². The van der Waals surface area contributed by atoms with Crippen molar-refractivity contribution >= 4 is 0 Å². The lowest BCUT2D eigenvalue weighted by molar-refractivity contribution is 0.0126. The summed E-state index contributed by atoms with van der Waals surface area (Å²) in [6.45, 7) is 5.73. The molecule has 0 bridgehead atoms. The highest BCUT2D eigenvalue weighted by Gasteiger charge is 2.36. The second kappa shape index (κ2) is 2.73. The van der Waals surface area contributed by atoms with E-state index in [0.29, 0.717) is 13.2 Å². The number of likely N-dealkylation sites (tertiary alicyclic amines) is 1. The van der Waals surface area contributed by atoms with Gasteiger partial charge in [0.1, 0.15) is 0 Å². The van der Waals surface area contributed by atoms with Crippen molar-refractivity contribution in [3.05, 3.63) is 0 Å². The summed E-state index contributed by atoms with van der Waals surface area (Å²) in [7, 11) is 0. The van der Waals surface area contributed by atoms with Crippen molar-refractivity contribution in [2.24, 2.45) is 5.92 Å². The summed E-state index contributed by atoms with van der Waals surface area (Å²) < 4.78 is 5.17. The van der Waals surface area contributed by atoms with Crippen LogP contribution in [-0.2, 0) is 4.74 Å². The molecule has 2 fully saturated rings. The maximum Gasteiger partial charge on any atom is 0.0950 e. The molecule has 0 amide bonds. The van der Waals surface area contributed by atoms with Gasteiger partial charge in [-0.15, -0.1) is 0 Å². The van der Waals surface area contributed by atoms with E-state index < -0.39 is 0 Å². The van der Waals surface area contributed by atoms with E-state index >= 15 is 0 Å². The van der Waals surface area contributed by atoms with E-state index in [-0.39, 0.29) is 12.1 Å². The minimum atomic E-state index is -0.248. The van der Waals surface area contributed by atoms with Crippen molar-refractivity contribution in [3.63, 3.8) is 0 Å². The third-order valence-corrected chi connectivity index (χ3v) is 2.58. The molecule has 2 saturated heterocycles. The first kappa shape index (κ1) is 7.53. The van der Waals surface area contributed by atoms with Crippen LogP contribution in [-0.4, -0.2) is 48.5 Å². The number of aliphatic hydroxyl groups excluding tert-OH is 1. The Hall–Kier alpha value is -0.120. The lowest BCUT2D eigenvalue weighted by Crippen LogP contribution is -2.54. The molecule has 0 radical (unpaired) electrons. The van der Waals surface area contributed by atoms with Crippen LogP contribution < -0.4 is 0 Å². The molecule has 2 aliphatic rings. The molecular formula is C8H15NO2. The first-order chi connectivity index (χ1) is 5.27. The van der Waals surface area contributed by atoms with Crippen LogP contribution in [0.5, 0.6) is 0 Å². The predicted octanol–water partition coefficient (Wildman–Crippen LogP) is -0.302. The summed E-state index contributed by atoms with van der Waals surface area (Å²) in [6.07, 6.45) is -0.248. The van der Waals surface area contributed by atoms with Gasteiger partial charge in [0.15, 0.2) is 0 Å². The summed E-state index contributed by atoms with van der Waals surface area (Å²) in [4.78, 5) is 2.31. The van der Waals surface area contributed by atoms with E-state index in [0.717, 1.165) is 19.0 Å². The Balaban J connectivity index is 1.85. The van der Waals surface area contributed by atoms with Gasteiger partial charge >= 0.3 is 0 Å². The van der Waals surface area contributed by atoms with Gasteiger partial charge in [0, 0.05) is 13.1 Å². The number of ether oxygens (including phenoxy) is 1. The highest BCUT2D eigenvalue weighted by atomic mass is 16.5. The molecule has 2 rings (SSSR count). The summed E-state index contributed by atoms with van der Waals surface area (Å²) >= 11 is 0. The van der Waals surface area contributed by atoms with Crippen LogP contribution in [0.15, 0.2) is 0 Å². The lowest BCUT2D eigenvalue weighted by Gasteiger charge is -2.41.